The van der Waals surface area contributed by atoms with E-state index in [0.717, 1.165) is 12.1 Å². The lowest BCUT2D eigenvalue weighted by molar-refractivity contribution is 0.191. The zero-order chi connectivity index (χ0) is 15.4. The van der Waals surface area contributed by atoms with Gasteiger partial charge < -0.3 is 15.2 Å². The zero-order valence-electron chi connectivity index (χ0n) is 11.2. The van der Waals surface area contributed by atoms with Gasteiger partial charge in [0.2, 0.25) is 0 Å². The first-order valence-electron chi connectivity index (χ1n) is 6.22. The summed E-state index contributed by atoms with van der Waals surface area (Å²) in [4.78, 5) is 0. The molecule has 21 heavy (non-hydrogen) atoms. The molecule has 0 aliphatic carbocycles. The van der Waals surface area contributed by atoms with Gasteiger partial charge >= 0.3 is 0 Å². The molecule has 2 N–H and O–H groups in total. The van der Waals surface area contributed by atoms with Crippen molar-refractivity contribution in [3.63, 3.8) is 0 Å². The van der Waals surface area contributed by atoms with Gasteiger partial charge in [0, 0.05) is 6.54 Å². The lowest BCUT2D eigenvalue weighted by atomic mass is 10.1. The monoisotopic (exact) mass is 297 g/mol. The molecule has 0 saturated carbocycles. The summed E-state index contributed by atoms with van der Waals surface area (Å²) in [7, 11) is 1.50. The van der Waals surface area contributed by atoms with Gasteiger partial charge in [0.15, 0.2) is 17.5 Å². The fraction of sp³-hybridized carbons (Fsp3) is 0.200. The molecule has 0 bridgehead atoms. The van der Waals surface area contributed by atoms with Crippen molar-refractivity contribution in [2.45, 2.75) is 6.10 Å². The smallest absolute Gasteiger partial charge is 0.196 e. The van der Waals surface area contributed by atoms with E-state index in [-0.39, 0.29) is 12.2 Å². The highest BCUT2D eigenvalue weighted by atomic mass is 19.2. The van der Waals surface area contributed by atoms with Crippen LogP contribution in [0.1, 0.15) is 11.7 Å². The Bertz CT molecular complexity index is 634. The van der Waals surface area contributed by atoms with Crippen LogP contribution in [0.15, 0.2) is 36.4 Å². The second-order valence-electron chi connectivity index (χ2n) is 4.40. The van der Waals surface area contributed by atoms with Crippen LogP contribution in [0.2, 0.25) is 0 Å². The summed E-state index contributed by atoms with van der Waals surface area (Å²) in [6.45, 7) is -0.0604. The van der Waals surface area contributed by atoms with E-state index in [1.54, 1.807) is 24.3 Å². The third-order valence-electron chi connectivity index (χ3n) is 3.00. The summed E-state index contributed by atoms with van der Waals surface area (Å²) < 4.78 is 44.4. The summed E-state index contributed by atoms with van der Waals surface area (Å²) in [5, 5.41) is 12.6. The van der Waals surface area contributed by atoms with E-state index in [4.69, 9.17) is 4.74 Å². The Kier molecular flexibility index (Phi) is 4.70. The van der Waals surface area contributed by atoms with Gasteiger partial charge in [-0.1, -0.05) is 12.1 Å². The first-order chi connectivity index (χ1) is 10.0. The minimum Gasteiger partial charge on any atom is -0.497 e. The molecule has 0 saturated heterocycles. The summed E-state index contributed by atoms with van der Waals surface area (Å²) in [5.41, 5.74) is 0.348. The van der Waals surface area contributed by atoms with Crippen molar-refractivity contribution in [1.82, 2.24) is 0 Å². The molecular formula is C15H14F3NO2. The van der Waals surface area contributed by atoms with E-state index >= 15 is 0 Å². The number of benzene rings is 2. The Morgan fingerprint density at radius 1 is 1.14 bits per heavy atom. The van der Waals surface area contributed by atoms with Gasteiger partial charge in [0.25, 0.3) is 0 Å². The molecule has 2 aromatic rings. The van der Waals surface area contributed by atoms with Gasteiger partial charge in [-0.05, 0) is 29.8 Å². The first kappa shape index (κ1) is 15.2. The van der Waals surface area contributed by atoms with Crippen LogP contribution in [0.25, 0.3) is 0 Å². The molecule has 2 aromatic carbocycles. The predicted molar refractivity (Wildman–Crippen MR) is 72.8 cm³/mol. The van der Waals surface area contributed by atoms with Gasteiger partial charge in [-0.2, -0.15) is 0 Å². The van der Waals surface area contributed by atoms with Gasteiger partial charge in [0.05, 0.1) is 18.9 Å². The quantitative estimate of drug-likeness (QED) is 0.832. The molecule has 0 aromatic heterocycles. The summed E-state index contributed by atoms with van der Waals surface area (Å²) in [6, 6.07) is 8.63. The van der Waals surface area contributed by atoms with Crippen molar-refractivity contribution in [3.05, 3.63) is 59.4 Å². The number of aliphatic hydroxyl groups is 1. The molecule has 2 rings (SSSR count). The molecule has 0 aliphatic heterocycles. The van der Waals surface area contributed by atoms with Crippen molar-refractivity contribution in [2.75, 3.05) is 19.0 Å². The first-order valence-corrected chi connectivity index (χ1v) is 6.22. The summed E-state index contributed by atoms with van der Waals surface area (Å²) in [5.74, 6) is -3.54. The number of anilines is 1. The fourth-order valence-electron chi connectivity index (χ4n) is 1.84. The Hall–Kier alpha value is -2.21. The Morgan fingerprint density at radius 3 is 2.62 bits per heavy atom. The third-order valence-corrected chi connectivity index (χ3v) is 3.00. The minimum absolute atomic E-state index is 0.0604. The molecule has 1 atom stereocenters. The number of hydrogen-bond donors (Lipinski definition) is 2. The van der Waals surface area contributed by atoms with Crippen LogP contribution >= 0.6 is 0 Å². The Labute approximate surface area is 120 Å². The van der Waals surface area contributed by atoms with Crippen molar-refractivity contribution in [1.29, 1.82) is 0 Å². The lowest BCUT2D eigenvalue weighted by Gasteiger charge is -2.14. The van der Waals surface area contributed by atoms with E-state index in [0.29, 0.717) is 11.3 Å². The molecule has 0 radical (unpaired) electrons. The maximum atomic E-state index is 13.5. The zero-order valence-corrected chi connectivity index (χ0v) is 11.2. The molecule has 6 heteroatoms. The highest BCUT2D eigenvalue weighted by Crippen LogP contribution is 2.22. The number of aliphatic hydroxyl groups excluding tert-OH is 1. The van der Waals surface area contributed by atoms with E-state index in [9.17, 15) is 18.3 Å². The number of rotatable bonds is 5. The minimum atomic E-state index is -1.55. The van der Waals surface area contributed by atoms with Gasteiger partial charge in [-0.25, -0.2) is 13.2 Å². The molecule has 1 unspecified atom stereocenters. The van der Waals surface area contributed by atoms with Crippen LogP contribution in [-0.2, 0) is 0 Å². The molecule has 0 heterocycles. The standard InChI is InChI=1S/C15H14F3NO2/c1-21-10-4-2-3-9(7-10)13(20)8-19-12-6-5-11(16)14(17)15(12)18/h2-7,13,19-20H,8H2,1H3. The van der Waals surface area contributed by atoms with Crippen LogP contribution in [0, 0.1) is 17.5 Å². The van der Waals surface area contributed by atoms with E-state index in [1.165, 1.54) is 7.11 Å². The van der Waals surface area contributed by atoms with Crippen molar-refractivity contribution < 1.29 is 23.0 Å². The van der Waals surface area contributed by atoms with Crippen LogP contribution in [-0.4, -0.2) is 18.8 Å². The Morgan fingerprint density at radius 2 is 1.90 bits per heavy atom. The number of nitrogens with one attached hydrogen (secondary N) is 1. The van der Waals surface area contributed by atoms with Crippen molar-refractivity contribution in [3.8, 4) is 5.75 Å². The van der Waals surface area contributed by atoms with Crippen molar-refractivity contribution >= 4 is 5.69 Å². The normalized spacial score (nSPS) is 12.0. The molecular weight excluding hydrogens is 283 g/mol. The topological polar surface area (TPSA) is 41.5 Å². The van der Waals surface area contributed by atoms with Gasteiger partial charge in [-0.15, -0.1) is 0 Å². The largest absolute Gasteiger partial charge is 0.497 e. The van der Waals surface area contributed by atoms with Gasteiger partial charge in [0.1, 0.15) is 5.75 Å². The van der Waals surface area contributed by atoms with E-state index in [1.807, 2.05) is 0 Å². The van der Waals surface area contributed by atoms with Crippen LogP contribution in [0.5, 0.6) is 5.75 Å². The molecule has 3 nitrogen and oxygen atoms in total. The number of ether oxygens (including phenoxy) is 1. The SMILES string of the molecule is COc1cccc(C(O)CNc2ccc(F)c(F)c2F)c1. The molecule has 112 valence electrons. The van der Waals surface area contributed by atoms with E-state index in [2.05, 4.69) is 5.32 Å². The molecule has 0 spiro atoms. The molecule has 0 aliphatic rings. The Balaban J connectivity index is 2.07. The second-order valence-corrected chi connectivity index (χ2v) is 4.40. The van der Waals surface area contributed by atoms with E-state index < -0.39 is 23.6 Å². The maximum absolute atomic E-state index is 13.5. The summed E-state index contributed by atoms with van der Waals surface area (Å²) >= 11 is 0. The second kappa shape index (κ2) is 6.49. The van der Waals surface area contributed by atoms with Gasteiger partial charge in [-0.3, -0.25) is 0 Å². The fourth-order valence-corrected chi connectivity index (χ4v) is 1.84. The van der Waals surface area contributed by atoms with Crippen LogP contribution in [0.3, 0.4) is 0 Å². The summed E-state index contributed by atoms with van der Waals surface area (Å²) in [6.07, 6.45) is -0.951. The van der Waals surface area contributed by atoms with Crippen LogP contribution < -0.4 is 10.1 Å². The predicted octanol–water partition coefficient (Wildman–Crippen LogP) is 3.26. The average molecular weight is 297 g/mol. The molecule has 0 amide bonds. The number of hydrogen-bond acceptors (Lipinski definition) is 3. The van der Waals surface area contributed by atoms with Crippen molar-refractivity contribution in [2.24, 2.45) is 0 Å². The highest BCUT2D eigenvalue weighted by molar-refractivity contribution is 5.45. The third kappa shape index (κ3) is 3.46. The van der Waals surface area contributed by atoms with Crippen LogP contribution in [0.4, 0.5) is 18.9 Å². The maximum Gasteiger partial charge on any atom is 0.196 e. The highest BCUT2D eigenvalue weighted by Gasteiger charge is 2.15. The number of methoxy groups -OCH3 is 1. The molecule has 0 fully saturated rings. The lowest BCUT2D eigenvalue weighted by Crippen LogP contribution is -2.13. The average Bonchev–Trinajstić information content (AvgIpc) is 2.51. The number of halogens is 3.